The predicted octanol–water partition coefficient (Wildman–Crippen LogP) is 4.50. The van der Waals surface area contributed by atoms with Crippen molar-refractivity contribution in [3.05, 3.63) is 29.3 Å². The van der Waals surface area contributed by atoms with E-state index in [-0.39, 0.29) is 11.1 Å². The van der Waals surface area contributed by atoms with Gasteiger partial charge in [-0.3, -0.25) is 0 Å². The predicted molar refractivity (Wildman–Crippen MR) is 75.5 cm³/mol. The highest BCUT2D eigenvalue weighted by Crippen LogP contribution is 2.34. The molecule has 0 saturated heterocycles. The van der Waals surface area contributed by atoms with Crippen molar-refractivity contribution < 1.29 is 23.1 Å². The van der Waals surface area contributed by atoms with E-state index in [1.54, 1.807) is 0 Å². The first kappa shape index (κ1) is 17.3. The highest BCUT2D eigenvalue weighted by atomic mass is 19.4. The van der Waals surface area contributed by atoms with Crippen LogP contribution in [0.15, 0.2) is 18.2 Å². The molecule has 0 radical (unpaired) electrons. The van der Waals surface area contributed by atoms with Gasteiger partial charge in [0.2, 0.25) is 0 Å². The number of alkyl halides is 3. The molecule has 0 spiro atoms. The normalized spacial score (nSPS) is 12.6. The molecule has 0 unspecified atom stereocenters. The molecule has 118 valence electrons. The summed E-state index contributed by atoms with van der Waals surface area (Å²) in [7, 11) is 0. The van der Waals surface area contributed by atoms with Crippen LogP contribution < -0.4 is 5.32 Å². The summed E-state index contributed by atoms with van der Waals surface area (Å²) in [6.07, 6.45) is -4.70. The molecule has 1 aromatic rings. The Bertz CT molecular complexity index is 522. The zero-order valence-electron chi connectivity index (χ0n) is 12.5. The Balaban J connectivity index is 3.04. The molecule has 0 aromatic heterocycles. The van der Waals surface area contributed by atoms with E-state index in [1.165, 1.54) is 6.07 Å². The lowest BCUT2D eigenvalue weighted by atomic mass is 9.81. The number of carbonyl (C=O) groups is 1. The quantitative estimate of drug-likeness (QED) is 0.842. The number of halogens is 3. The maximum atomic E-state index is 12.9. The Morgan fingerprint density at radius 2 is 1.86 bits per heavy atom. The second kappa shape index (κ2) is 5.95. The van der Waals surface area contributed by atoms with Crippen molar-refractivity contribution in [2.75, 3.05) is 11.9 Å². The van der Waals surface area contributed by atoms with Crippen molar-refractivity contribution in [1.29, 1.82) is 0 Å². The van der Waals surface area contributed by atoms with Gasteiger partial charge >= 0.3 is 12.1 Å². The van der Waals surface area contributed by atoms with Crippen LogP contribution in [-0.2, 0) is 6.18 Å². The van der Waals surface area contributed by atoms with Crippen molar-refractivity contribution in [3.63, 3.8) is 0 Å². The smallest absolute Gasteiger partial charge is 0.417 e. The van der Waals surface area contributed by atoms with Gasteiger partial charge in [-0.25, -0.2) is 4.79 Å². The van der Waals surface area contributed by atoms with E-state index in [4.69, 9.17) is 5.11 Å². The molecule has 0 aliphatic rings. The lowest BCUT2D eigenvalue weighted by Crippen LogP contribution is -2.28. The topological polar surface area (TPSA) is 49.3 Å². The molecular formula is C15H20F3NO2. The van der Waals surface area contributed by atoms with Crippen LogP contribution in [-0.4, -0.2) is 17.6 Å². The second-order valence-corrected chi connectivity index (χ2v) is 6.06. The first-order valence-electron chi connectivity index (χ1n) is 6.63. The third-order valence-corrected chi connectivity index (χ3v) is 3.87. The third-order valence-electron chi connectivity index (χ3n) is 3.87. The molecule has 2 N–H and O–H groups in total. The number of carboxylic acids is 1. The molecule has 0 aliphatic carbocycles. The molecule has 0 atom stereocenters. The van der Waals surface area contributed by atoms with Gasteiger partial charge in [-0.05, 0) is 29.5 Å². The van der Waals surface area contributed by atoms with Gasteiger partial charge < -0.3 is 10.4 Å². The van der Waals surface area contributed by atoms with Crippen molar-refractivity contribution in [2.24, 2.45) is 11.3 Å². The third kappa shape index (κ3) is 4.37. The van der Waals surface area contributed by atoms with E-state index in [0.29, 0.717) is 12.5 Å². The summed E-state index contributed by atoms with van der Waals surface area (Å²) in [6.45, 7) is 8.60. The largest absolute Gasteiger partial charge is 0.478 e. The summed E-state index contributed by atoms with van der Waals surface area (Å²) in [6, 6.07) is 3.19. The van der Waals surface area contributed by atoms with Crippen molar-refractivity contribution in [1.82, 2.24) is 0 Å². The summed E-state index contributed by atoms with van der Waals surface area (Å²) in [5, 5.41) is 11.8. The average molecular weight is 303 g/mol. The molecular weight excluding hydrogens is 283 g/mol. The van der Waals surface area contributed by atoms with Gasteiger partial charge in [0.25, 0.3) is 0 Å². The highest BCUT2D eigenvalue weighted by Gasteiger charge is 2.35. The van der Waals surface area contributed by atoms with E-state index in [0.717, 1.165) is 12.1 Å². The minimum absolute atomic E-state index is 0.0934. The number of hydrogen-bond donors (Lipinski definition) is 2. The van der Waals surface area contributed by atoms with Gasteiger partial charge in [-0.15, -0.1) is 0 Å². The van der Waals surface area contributed by atoms with Crippen LogP contribution in [0.2, 0.25) is 0 Å². The average Bonchev–Trinajstić information content (AvgIpc) is 2.34. The van der Waals surface area contributed by atoms with Crippen LogP contribution in [0.3, 0.4) is 0 Å². The Hall–Kier alpha value is -1.72. The Morgan fingerprint density at radius 3 is 2.29 bits per heavy atom. The first-order chi connectivity index (χ1) is 9.45. The minimum atomic E-state index is -4.70. The van der Waals surface area contributed by atoms with Crippen LogP contribution >= 0.6 is 0 Å². The summed E-state index contributed by atoms with van der Waals surface area (Å²) < 4.78 is 38.7. The SMILES string of the molecule is CC(C)C(C)(C)CNc1ccc(C(=O)O)c(C(F)(F)F)c1. The summed E-state index contributed by atoms with van der Waals surface area (Å²) in [5.41, 5.74) is -1.70. The second-order valence-electron chi connectivity index (χ2n) is 6.06. The monoisotopic (exact) mass is 303 g/mol. The fourth-order valence-electron chi connectivity index (χ4n) is 1.61. The molecule has 0 amide bonds. The number of aromatic carboxylic acids is 1. The maximum absolute atomic E-state index is 12.9. The van der Waals surface area contributed by atoms with E-state index >= 15 is 0 Å². The van der Waals surface area contributed by atoms with Crippen LogP contribution in [0.1, 0.15) is 43.6 Å². The van der Waals surface area contributed by atoms with Crippen LogP contribution in [0.4, 0.5) is 18.9 Å². The van der Waals surface area contributed by atoms with Gasteiger partial charge in [0.1, 0.15) is 0 Å². The Labute approximate surface area is 122 Å². The molecule has 0 heterocycles. The molecule has 0 bridgehead atoms. The number of hydrogen-bond acceptors (Lipinski definition) is 2. The molecule has 1 aromatic carbocycles. The minimum Gasteiger partial charge on any atom is -0.478 e. The van der Waals surface area contributed by atoms with E-state index in [1.807, 2.05) is 27.7 Å². The lowest BCUT2D eigenvalue weighted by molar-refractivity contribution is -0.138. The number of nitrogens with one attached hydrogen (secondary N) is 1. The number of anilines is 1. The molecule has 0 aliphatic heterocycles. The Morgan fingerprint density at radius 1 is 1.29 bits per heavy atom. The Kier molecular flexibility index (Phi) is 4.91. The zero-order chi connectivity index (χ0) is 16.4. The molecule has 3 nitrogen and oxygen atoms in total. The maximum Gasteiger partial charge on any atom is 0.417 e. The fraction of sp³-hybridized carbons (Fsp3) is 0.533. The van der Waals surface area contributed by atoms with E-state index in [2.05, 4.69) is 5.32 Å². The molecule has 6 heteroatoms. The van der Waals surface area contributed by atoms with Crippen LogP contribution in [0, 0.1) is 11.3 Å². The lowest BCUT2D eigenvalue weighted by Gasteiger charge is -2.30. The molecule has 0 fully saturated rings. The van der Waals surface area contributed by atoms with Gasteiger partial charge in [0.05, 0.1) is 11.1 Å². The van der Waals surface area contributed by atoms with Crippen LogP contribution in [0.25, 0.3) is 0 Å². The zero-order valence-corrected chi connectivity index (χ0v) is 12.5. The summed E-state index contributed by atoms with van der Waals surface area (Å²) in [5.74, 6) is -1.23. The highest BCUT2D eigenvalue weighted by molar-refractivity contribution is 5.90. The first-order valence-corrected chi connectivity index (χ1v) is 6.63. The van der Waals surface area contributed by atoms with Crippen molar-refractivity contribution >= 4 is 11.7 Å². The number of rotatable bonds is 5. The van der Waals surface area contributed by atoms with Crippen molar-refractivity contribution in [3.8, 4) is 0 Å². The standard InChI is InChI=1S/C15H20F3NO2/c1-9(2)14(3,4)8-19-10-5-6-11(13(20)21)12(7-10)15(16,17)18/h5-7,9,19H,8H2,1-4H3,(H,20,21). The summed E-state index contributed by atoms with van der Waals surface area (Å²) >= 11 is 0. The van der Waals surface area contributed by atoms with E-state index < -0.39 is 23.3 Å². The van der Waals surface area contributed by atoms with Crippen molar-refractivity contribution in [2.45, 2.75) is 33.9 Å². The summed E-state index contributed by atoms with van der Waals surface area (Å²) in [4.78, 5) is 10.9. The van der Waals surface area contributed by atoms with Gasteiger partial charge in [-0.2, -0.15) is 13.2 Å². The van der Waals surface area contributed by atoms with Crippen LogP contribution in [0.5, 0.6) is 0 Å². The molecule has 0 saturated carbocycles. The van der Waals surface area contributed by atoms with Gasteiger partial charge in [0.15, 0.2) is 0 Å². The number of carboxylic acid groups (broad SMARTS) is 1. The van der Waals surface area contributed by atoms with Gasteiger partial charge in [-0.1, -0.05) is 27.7 Å². The van der Waals surface area contributed by atoms with E-state index in [9.17, 15) is 18.0 Å². The number of benzene rings is 1. The molecule has 21 heavy (non-hydrogen) atoms. The molecule has 1 rings (SSSR count). The van der Waals surface area contributed by atoms with Gasteiger partial charge in [0, 0.05) is 12.2 Å². The fourth-order valence-corrected chi connectivity index (χ4v) is 1.61.